The standard InChI is InChI=1S/C11H20N2/c1-10(2)13-9-4-3-6-11(13)7-5-8-12/h10-11H,3-7,9H2,1-2H3. The van der Waals surface area contributed by atoms with E-state index in [1.54, 1.807) is 0 Å². The number of piperidine rings is 1. The molecule has 0 amide bonds. The molecule has 2 heteroatoms. The summed E-state index contributed by atoms with van der Waals surface area (Å²) in [5.41, 5.74) is 0. The molecule has 1 heterocycles. The van der Waals surface area contributed by atoms with E-state index in [9.17, 15) is 0 Å². The summed E-state index contributed by atoms with van der Waals surface area (Å²) in [5.74, 6) is 0. The van der Waals surface area contributed by atoms with Crippen LogP contribution in [0.5, 0.6) is 0 Å². The number of nitriles is 1. The van der Waals surface area contributed by atoms with Crippen LogP contribution in [-0.4, -0.2) is 23.5 Å². The Hall–Kier alpha value is -0.550. The predicted octanol–water partition coefficient (Wildman–Crippen LogP) is 2.55. The van der Waals surface area contributed by atoms with Crippen LogP contribution in [0.2, 0.25) is 0 Å². The Kier molecular flexibility index (Phi) is 4.24. The maximum Gasteiger partial charge on any atom is 0.0622 e. The van der Waals surface area contributed by atoms with Crippen LogP contribution in [0.25, 0.3) is 0 Å². The molecule has 1 unspecified atom stereocenters. The van der Waals surface area contributed by atoms with Gasteiger partial charge in [0.05, 0.1) is 6.07 Å². The molecule has 2 nitrogen and oxygen atoms in total. The molecule has 0 bridgehead atoms. The van der Waals surface area contributed by atoms with Gasteiger partial charge in [-0.2, -0.15) is 5.26 Å². The molecule has 13 heavy (non-hydrogen) atoms. The average Bonchev–Trinajstić information content (AvgIpc) is 2.15. The SMILES string of the molecule is CC(C)N1CCCCC1CCC#N. The van der Waals surface area contributed by atoms with E-state index in [0.717, 1.165) is 6.42 Å². The van der Waals surface area contributed by atoms with E-state index in [1.807, 2.05) is 0 Å². The lowest BCUT2D eigenvalue weighted by molar-refractivity contribution is 0.106. The third-order valence-corrected chi connectivity index (χ3v) is 2.93. The Morgan fingerprint density at radius 2 is 2.23 bits per heavy atom. The summed E-state index contributed by atoms with van der Waals surface area (Å²) in [7, 11) is 0. The van der Waals surface area contributed by atoms with Gasteiger partial charge in [-0.3, -0.25) is 4.90 Å². The maximum atomic E-state index is 8.55. The summed E-state index contributed by atoms with van der Waals surface area (Å²) in [6.45, 7) is 5.74. The van der Waals surface area contributed by atoms with Crippen molar-refractivity contribution >= 4 is 0 Å². The van der Waals surface area contributed by atoms with Crippen molar-refractivity contribution in [2.45, 2.75) is 58.0 Å². The van der Waals surface area contributed by atoms with Crippen molar-refractivity contribution in [1.29, 1.82) is 5.26 Å². The van der Waals surface area contributed by atoms with Gasteiger partial charge < -0.3 is 0 Å². The van der Waals surface area contributed by atoms with Crippen molar-refractivity contribution in [1.82, 2.24) is 4.90 Å². The molecule has 1 saturated heterocycles. The molecule has 0 aromatic heterocycles. The van der Waals surface area contributed by atoms with Gasteiger partial charge in [0, 0.05) is 18.5 Å². The molecule has 0 aliphatic carbocycles. The molecule has 74 valence electrons. The summed E-state index contributed by atoms with van der Waals surface area (Å²) in [6, 6.07) is 3.56. The lowest BCUT2D eigenvalue weighted by Gasteiger charge is -2.38. The van der Waals surface area contributed by atoms with E-state index in [1.165, 1.54) is 25.8 Å². The van der Waals surface area contributed by atoms with E-state index >= 15 is 0 Å². The molecule has 0 spiro atoms. The molecular weight excluding hydrogens is 160 g/mol. The fourth-order valence-corrected chi connectivity index (χ4v) is 2.24. The number of hydrogen-bond acceptors (Lipinski definition) is 2. The average molecular weight is 180 g/mol. The van der Waals surface area contributed by atoms with Crippen LogP contribution in [0.1, 0.15) is 46.0 Å². The van der Waals surface area contributed by atoms with Gasteiger partial charge in [0.1, 0.15) is 0 Å². The molecular formula is C11H20N2. The minimum absolute atomic E-state index is 0.643. The summed E-state index contributed by atoms with van der Waals surface area (Å²) < 4.78 is 0. The molecule has 0 N–H and O–H groups in total. The second-order valence-corrected chi connectivity index (χ2v) is 4.18. The Balaban J connectivity index is 2.42. The van der Waals surface area contributed by atoms with Crippen molar-refractivity contribution < 1.29 is 0 Å². The van der Waals surface area contributed by atoms with Crippen LogP contribution in [-0.2, 0) is 0 Å². The molecule has 0 radical (unpaired) electrons. The van der Waals surface area contributed by atoms with Crippen molar-refractivity contribution in [3.63, 3.8) is 0 Å². The Labute approximate surface area is 81.5 Å². The van der Waals surface area contributed by atoms with Gasteiger partial charge in [-0.1, -0.05) is 6.42 Å². The minimum Gasteiger partial charge on any atom is -0.298 e. The number of nitrogens with zero attached hydrogens (tertiary/aromatic N) is 2. The summed E-state index contributed by atoms with van der Waals surface area (Å²) in [4.78, 5) is 2.56. The Morgan fingerprint density at radius 1 is 1.46 bits per heavy atom. The van der Waals surface area contributed by atoms with Gasteiger partial charge >= 0.3 is 0 Å². The van der Waals surface area contributed by atoms with Crippen molar-refractivity contribution in [2.75, 3.05) is 6.54 Å². The summed E-state index contributed by atoms with van der Waals surface area (Å²) >= 11 is 0. The normalized spacial score (nSPS) is 24.6. The molecule has 1 aliphatic heterocycles. The Morgan fingerprint density at radius 3 is 2.85 bits per heavy atom. The highest BCUT2D eigenvalue weighted by molar-refractivity contribution is 4.82. The first kappa shape index (κ1) is 10.5. The highest BCUT2D eigenvalue weighted by atomic mass is 15.2. The molecule has 1 rings (SSSR count). The van der Waals surface area contributed by atoms with Crippen LogP contribution < -0.4 is 0 Å². The predicted molar refractivity (Wildman–Crippen MR) is 54.3 cm³/mol. The monoisotopic (exact) mass is 180 g/mol. The first-order valence-electron chi connectivity index (χ1n) is 5.38. The quantitative estimate of drug-likeness (QED) is 0.667. The summed E-state index contributed by atoms with van der Waals surface area (Å²) in [5, 5.41) is 8.55. The highest BCUT2D eigenvalue weighted by Gasteiger charge is 2.23. The molecule has 0 aromatic carbocycles. The molecule has 0 aromatic rings. The molecule has 1 aliphatic rings. The topological polar surface area (TPSA) is 27.0 Å². The number of rotatable bonds is 3. The van der Waals surface area contributed by atoms with Crippen LogP contribution in [0.15, 0.2) is 0 Å². The lowest BCUT2D eigenvalue weighted by Crippen LogP contribution is -2.43. The number of likely N-dealkylation sites (tertiary alicyclic amines) is 1. The van der Waals surface area contributed by atoms with Crippen LogP contribution >= 0.6 is 0 Å². The molecule has 1 atom stereocenters. The zero-order chi connectivity index (χ0) is 9.68. The maximum absolute atomic E-state index is 8.55. The van der Waals surface area contributed by atoms with Crippen molar-refractivity contribution in [2.24, 2.45) is 0 Å². The smallest absolute Gasteiger partial charge is 0.0622 e. The van der Waals surface area contributed by atoms with E-state index < -0.39 is 0 Å². The third kappa shape index (κ3) is 3.00. The van der Waals surface area contributed by atoms with Gasteiger partial charge in [0.2, 0.25) is 0 Å². The number of hydrogen-bond donors (Lipinski definition) is 0. The Bertz CT molecular complexity index is 181. The fourth-order valence-electron chi connectivity index (χ4n) is 2.24. The zero-order valence-electron chi connectivity index (χ0n) is 8.79. The van der Waals surface area contributed by atoms with Gasteiger partial charge in [0.15, 0.2) is 0 Å². The third-order valence-electron chi connectivity index (χ3n) is 2.93. The minimum atomic E-state index is 0.643. The molecule has 1 fully saturated rings. The van der Waals surface area contributed by atoms with Crippen LogP contribution in [0.4, 0.5) is 0 Å². The molecule has 0 saturated carbocycles. The van der Waals surface area contributed by atoms with Crippen LogP contribution in [0, 0.1) is 11.3 Å². The van der Waals surface area contributed by atoms with E-state index in [-0.39, 0.29) is 0 Å². The van der Waals surface area contributed by atoms with Crippen LogP contribution in [0.3, 0.4) is 0 Å². The second-order valence-electron chi connectivity index (χ2n) is 4.18. The van der Waals surface area contributed by atoms with Crippen molar-refractivity contribution in [3.05, 3.63) is 0 Å². The van der Waals surface area contributed by atoms with Gasteiger partial charge in [-0.25, -0.2) is 0 Å². The summed E-state index contributed by atoms with van der Waals surface area (Å²) in [6.07, 6.45) is 5.75. The fraction of sp³-hybridized carbons (Fsp3) is 0.909. The first-order chi connectivity index (χ1) is 6.25. The first-order valence-corrected chi connectivity index (χ1v) is 5.38. The van der Waals surface area contributed by atoms with Gasteiger partial charge in [-0.15, -0.1) is 0 Å². The van der Waals surface area contributed by atoms with E-state index in [4.69, 9.17) is 5.26 Å². The van der Waals surface area contributed by atoms with Gasteiger partial charge in [0.25, 0.3) is 0 Å². The second kappa shape index (κ2) is 5.24. The van der Waals surface area contributed by atoms with E-state index in [2.05, 4.69) is 24.8 Å². The zero-order valence-corrected chi connectivity index (χ0v) is 8.79. The highest BCUT2D eigenvalue weighted by Crippen LogP contribution is 2.22. The van der Waals surface area contributed by atoms with Gasteiger partial charge in [-0.05, 0) is 39.7 Å². The van der Waals surface area contributed by atoms with E-state index in [0.29, 0.717) is 18.5 Å². The largest absolute Gasteiger partial charge is 0.298 e. The van der Waals surface area contributed by atoms with Crippen molar-refractivity contribution in [3.8, 4) is 6.07 Å². The lowest BCUT2D eigenvalue weighted by atomic mass is 9.97.